The number of nitrogens with one attached hydrogen (secondary N) is 1. The van der Waals surface area contributed by atoms with Gasteiger partial charge in [0, 0.05) is 22.3 Å². The van der Waals surface area contributed by atoms with Gasteiger partial charge in [-0.1, -0.05) is 45.0 Å². The van der Waals surface area contributed by atoms with Crippen LogP contribution in [0.1, 0.15) is 39.0 Å². The summed E-state index contributed by atoms with van der Waals surface area (Å²) in [6, 6.07) is 12.6. The highest BCUT2D eigenvalue weighted by Crippen LogP contribution is 2.28. The van der Waals surface area contributed by atoms with Crippen LogP contribution in [0.4, 0.5) is 0 Å². The van der Waals surface area contributed by atoms with Crippen molar-refractivity contribution in [1.29, 1.82) is 0 Å². The lowest BCUT2D eigenvalue weighted by atomic mass is 9.86. The molecule has 3 rings (SSSR count). The van der Waals surface area contributed by atoms with E-state index in [1.54, 1.807) is 0 Å². The smallest absolute Gasteiger partial charge is 0.217 e. The summed E-state index contributed by atoms with van der Waals surface area (Å²) in [6.45, 7) is 8.60. The zero-order valence-electron chi connectivity index (χ0n) is 14.9. The molecule has 1 N–H and O–H groups in total. The van der Waals surface area contributed by atoms with E-state index in [-0.39, 0.29) is 11.3 Å². The first-order valence-corrected chi connectivity index (χ1v) is 9.35. The highest BCUT2D eigenvalue weighted by atomic mass is 127. The number of rotatable bonds is 3. The average Bonchev–Trinajstić information content (AvgIpc) is 2.90. The van der Waals surface area contributed by atoms with E-state index in [1.807, 2.05) is 18.3 Å². The molecule has 0 aliphatic rings. The second-order valence-electron chi connectivity index (χ2n) is 7.22. The van der Waals surface area contributed by atoms with Crippen molar-refractivity contribution < 1.29 is 4.79 Å². The number of carbonyl (C=O) groups is 1. The Morgan fingerprint density at radius 2 is 1.84 bits per heavy atom. The summed E-state index contributed by atoms with van der Waals surface area (Å²) in [6.07, 6.45) is 2.05. The quantitative estimate of drug-likeness (QED) is 0.600. The molecule has 5 heteroatoms. The molecule has 0 saturated heterocycles. The van der Waals surface area contributed by atoms with Gasteiger partial charge in [-0.3, -0.25) is 4.79 Å². The second-order valence-corrected chi connectivity index (χ2v) is 8.47. The van der Waals surface area contributed by atoms with Crippen molar-refractivity contribution in [3.8, 4) is 11.3 Å². The number of fused-ring (bicyclic) bond motifs is 1. The molecule has 0 unspecified atom stereocenters. The lowest BCUT2D eigenvalue weighted by Crippen LogP contribution is -2.20. The van der Waals surface area contributed by atoms with Crippen molar-refractivity contribution >= 4 is 34.1 Å². The van der Waals surface area contributed by atoms with E-state index in [0.29, 0.717) is 6.54 Å². The third-order valence-electron chi connectivity index (χ3n) is 4.21. The molecule has 2 heterocycles. The fraction of sp³-hybridized carbons (Fsp3) is 0.300. The van der Waals surface area contributed by atoms with Crippen LogP contribution >= 0.6 is 22.6 Å². The predicted octanol–water partition coefficient (Wildman–Crippen LogP) is 4.54. The lowest BCUT2D eigenvalue weighted by molar-refractivity contribution is -0.119. The molecule has 2 aromatic heterocycles. The van der Waals surface area contributed by atoms with Gasteiger partial charge < -0.3 is 9.72 Å². The molecule has 130 valence electrons. The zero-order chi connectivity index (χ0) is 18.2. The summed E-state index contributed by atoms with van der Waals surface area (Å²) in [5.74, 6) is -0.0467. The van der Waals surface area contributed by atoms with E-state index in [1.165, 1.54) is 12.5 Å². The number of pyridine rings is 1. The highest BCUT2D eigenvalue weighted by molar-refractivity contribution is 14.1. The highest BCUT2D eigenvalue weighted by Gasteiger charge is 2.17. The molecule has 1 amide bonds. The average molecular weight is 447 g/mol. The minimum Gasteiger partial charge on any atom is -0.351 e. The SMILES string of the molecule is CC(=O)NCc1c(-c2ccc(C(C)(C)C)cc2)nc2ccc(I)cn12. The topological polar surface area (TPSA) is 46.4 Å². The van der Waals surface area contributed by atoms with Crippen LogP contribution in [0, 0.1) is 3.57 Å². The maximum atomic E-state index is 11.4. The van der Waals surface area contributed by atoms with Crippen molar-refractivity contribution in [2.24, 2.45) is 0 Å². The number of carbonyl (C=O) groups excluding carboxylic acids is 1. The van der Waals surface area contributed by atoms with Gasteiger partial charge in [-0.05, 0) is 45.7 Å². The number of halogens is 1. The first-order valence-electron chi connectivity index (χ1n) is 8.27. The molecule has 0 aliphatic carbocycles. The van der Waals surface area contributed by atoms with Gasteiger partial charge in [-0.25, -0.2) is 4.98 Å². The fourth-order valence-electron chi connectivity index (χ4n) is 2.80. The van der Waals surface area contributed by atoms with Gasteiger partial charge in [-0.15, -0.1) is 0 Å². The molecule has 0 radical (unpaired) electrons. The first kappa shape index (κ1) is 17.9. The van der Waals surface area contributed by atoms with Crippen molar-refractivity contribution in [1.82, 2.24) is 14.7 Å². The third kappa shape index (κ3) is 3.86. The Labute approximate surface area is 161 Å². The van der Waals surface area contributed by atoms with Crippen LogP contribution in [-0.4, -0.2) is 15.3 Å². The monoisotopic (exact) mass is 447 g/mol. The largest absolute Gasteiger partial charge is 0.351 e. The third-order valence-corrected chi connectivity index (χ3v) is 4.85. The maximum Gasteiger partial charge on any atom is 0.217 e. The van der Waals surface area contributed by atoms with E-state index in [4.69, 9.17) is 4.98 Å². The number of nitrogens with zero attached hydrogens (tertiary/aromatic N) is 2. The van der Waals surface area contributed by atoms with Gasteiger partial charge in [0.05, 0.1) is 17.9 Å². The summed E-state index contributed by atoms with van der Waals surface area (Å²) in [5.41, 5.74) is 5.26. The number of benzene rings is 1. The number of hydrogen-bond donors (Lipinski definition) is 1. The molecular weight excluding hydrogens is 425 g/mol. The molecule has 0 atom stereocenters. The van der Waals surface area contributed by atoms with E-state index in [2.05, 4.69) is 77.3 Å². The molecule has 0 spiro atoms. The first-order chi connectivity index (χ1) is 11.8. The Kier molecular flexibility index (Phi) is 4.86. The van der Waals surface area contributed by atoms with Gasteiger partial charge in [-0.2, -0.15) is 0 Å². The predicted molar refractivity (Wildman–Crippen MR) is 110 cm³/mol. The van der Waals surface area contributed by atoms with E-state index in [9.17, 15) is 4.79 Å². The van der Waals surface area contributed by atoms with Crippen LogP contribution in [0.5, 0.6) is 0 Å². The minimum absolute atomic E-state index is 0.0467. The Morgan fingerprint density at radius 3 is 2.44 bits per heavy atom. The standard InChI is InChI=1S/C20H22IN3O/c1-13(25)22-11-17-19(23-18-10-9-16(21)12-24(17)18)14-5-7-15(8-6-14)20(2,3)4/h5-10,12H,11H2,1-4H3,(H,22,25). The fourth-order valence-corrected chi connectivity index (χ4v) is 3.26. The summed E-state index contributed by atoms with van der Waals surface area (Å²) in [5, 5.41) is 2.90. The summed E-state index contributed by atoms with van der Waals surface area (Å²) in [7, 11) is 0. The maximum absolute atomic E-state index is 11.4. The Balaban J connectivity index is 2.11. The number of hydrogen-bond acceptors (Lipinski definition) is 2. The van der Waals surface area contributed by atoms with Gasteiger partial charge in [0.15, 0.2) is 0 Å². The van der Waals surface area contributed by atoms with E-state index in [0.717, 1.165) is 26.2 Å². The van der Waals surface area contributed by atoms with Crippen LogP contribution in [0.25, 0.3) is 16.9 Å². The van der Waals surface area contributed by atoms with Crippen LogP contribution < -0.4 is 5.32 Å². The molecule has 1 aromatic carbocycles. The molecule has 4 nitrogen and oxygen atoms in total. The van der Waals surface area contributed by atoms with Gasteiger partial charge in [0.2, 0.25) is 5.91 Å². The van der Waals surface area contributed by atoms with Crippen LogP contribution in [0.3, 0.4) is 0 Å². The van der Waals surface area contributed by atoms with Crippen molar-refractivity contribution in [2.45, 2.75) is 39.7 Å². The van der Waals surface area contributed by atoms with Gasteiger partial charge >= 0.3 is 0 Å². The van der Waals surface area contributed by atoms with Crippen molar-refractivity contribution in [3.05, 3.63) is 57.4 Å². The van der Waals surface area contributed by atoms with Crippen LogP contribution in [0.2, 0.25) is 0 Å². The molecular formula is C20H22IN3O. The van der Waals surface area contributed by atoms with E-state index >= 15 is 0 Å². The molecule has 0 bridgehead atoms. The van der Waals surface area contributed by atoms with Crippen LogP contribution in [-0.2, 0) is 16.8 Å². The Hall–Kier alpha value is -1.89. The zero-order valence-corrected chi connectivity index (χ0v) is 17.1. The molecule has 0 aliphatic heterocycles. The number of aromatic nitrogens is 2. The normalized spacial score (nSPS) is 11.7. The number of imidazole rings is 1. The van der Waals surface area contributed by atoms with Crippen molar-refractivity contribution in [2.75, 3.05) is 0 Å². The van der Waals surface area contributed by atoms with Gasteiger partial charge in [0.25, 0.3) is 0 Å². The Bertz CT molecular complexity index is 921. The Morgan fingerprint density at radius 1 is 1.16 bits per heavy atom. The molecule has 25 heavy (non-hydrogen) atoms. The summed E-state index contributed by atoms with van der Waals surface area (Å²) < 4.78 is 3.19. The molecule has 0 fully saturated rings. The lowest BCUT2D eigenvalue weighted by Gasteiger charge is -2.19. The molecule has 0 saturated carbocycles. The molecule has 3 aromatic rings. The van der Waals surface area contributed by atoms with E-state index < -0.39 is 0 Å². The minimum atomic E-state index is -0.0467. The summed E-state index contributed by atoms with van der Waals surface area (Å²) >= 11 is 2.29. The number of amides is 1. The van der Waals surface area contributed by atoms with Gasteiger partial charge in [0.1, 0.15) is 5.65 Å². The summed E-state index contributed by atoms with van der Waals surface area (Å²) in [4.78, 5) is 16.2. The van der Waals surface area contributed by atoms with Crippen molar-refractivity contribution in [3.63, 3.8) is 0 Å². The van der Waals surface area contributed by atoms with Crippen LogP contribution in [0.15, 0.2) is 42.6 Å². The second kappa shape index (κ2) is 6.78.